The Hall–Kier alpha value is -2.09. The number of aryl methyl sites for hydroxylation is 1. The number of rotatable bonds is 6. The number of hydrogen-bond donors (Lipinski definition) is 0. The van der Waals surface area contributed by atoms with E-state index >= 15 is 0 Å². The van der Waals surface area contributed by atoms with Gasteiger partial charge < -0.3 is 14.2 Å². The fourth-order valence-electron chi connectivity index (χ4n) is 2.72. The first kappa shape index (κ1) is 25.9. The number of amides is 2. The minimum Gasteiger partial charge on any atom is -0.462 e. The third-order valence-corrected chi connectivity index (χ3v) is 5.09. The Morgan fingerprint density at radius 1 is 0.900 bits per heavy atom. The Labute approximate surface area is 183 Å². The Bertz CT molecular complexity index is 742. The summed E-state index contributed by atoms with van der Waals surface area (Å²) in [6, 6.07) is 0. The van der Waals surface area contributed by atoms with E-state index in [4.69, 9.17) is 14.2 Å². The van der Waals surface area contributed by atoms with Gasteiger partial charge in [0, 0.05) is 4.88 Å². The molecular weight excluding hydrogens is 406 g/mol. The lowest BCUT2D eigenvalue weighted by Crippen LogP contribution is -2.44. The van der Waals surface area contributed by atoms with E-state index in [1.165, 1.54) is 11.3 Å². The van der Waals surface area contributed by atoms with Crippen molar-refractivity contribution in [1.82, 2.24) is 0 Å². The number of carbonyl (C=O) groups is 3. The number of nitrogens with zero attached hydrogens (tertiary/aromatic N) is 1. The van der Waals surface area contributed by atoms with Gasteiger partial charge in [0.25, 0.3) is 0 Å². The lowest BCUT2D eigenvalue weighted by Gasteiger charge is -2.28. The van der Waals surface area contributed by atoms with Crippen LogP contribution in [0, 0.1) is 0 Å². The standard InChI is InChI=1S/C22H35NO6S/c1-10-13-14-15(11-2)30-17(16(14)18(24)27-12-3)23(19(25)28-21(4,5)6)20(26)29-22(7,8)9/h10-13H2,1-9H3. The maximum absolute atomic E-state index is 13.0. The fourth-order valence-corrected chi connectivity index (χ4v) is 3.98. The van der Waals surface area contributed by atoms with Gasteiger partial charge in [-0.2, -0.15) is 4.90 Å². The molecule has 1 aromatic rings. The monoisotopic (exact) mass is 441 g/mol. The Kier molecular flexibility index (Phi) is 8.90. The fraction of sp³-hybridized carbons (Fsp3) is 0.682. The number of ether oxygens (including phenoxy) is 3. The average molecular weight is 442 g/mol. The van der Waals surface area contributed by atoms with Crippen LogP contribution in [-0.4, -0.2) is 36.0 Å². The van der Waals surface area contributed by atoms with Gasteiger partial charge in [-0.05, 0) is 66.9 Å². The summed E-state index contributed by atoms with van der Waals surface area (Å²) < 4.78 is 16.2. The van der Waals surface area contributed by atoms with E-state index in [-0.39, 0.29) is 17.2 Å². The second kappa shape index (κ2) is 10.3. The zero-order valence-electron chi connectivity index (χ0n) is 19.6. The molecule has 0 radical (unpaired) electrons. The van der Waals surface area contributed by atoms with Gasteiger partial charge in [-0.15, -0.1) is 11.3 Å². The molecule has 0 bridgehead atoms. The van der Waals surface area contributed by atoms with Gasteiger partial charge in [-0.25, -0.2) is 14.4 Å². The summed E-state index contributed by atoms with van der Waals surface area (Å²) in [6.45, 7) is 16.1. The highest BCUT2D eigenvalue weighted by atomic mass is 32.1. The molecule has 8 heteroatoms. The summed E-state index contributed by atoms with van der Waals surface area (Å²) in [7, 11) is 0. The minimum absolute atomic E-state index is 0.178. The molecule has 0 unspecified atom stereocenters. The summed E-state index contributed by atoms with van der Waals surface area (Å²) in [4.78, 5) is 40.7. The first-order valence-electron chi connectivity index (χ1n) is 10.3. The normalized spacial score (nSPS) is 11.8. The van der Waals surface area contributed by atoms with Crippen molar-refractivity contribution in [3.05, 3.63) is 16.0 Å². The van der Waals surface area contributed by atoms with Crippen LogP contribution in [0.3, 0.4) is 0 Å². The summed E-state index contributed by atoms with van der Waals surface area (Å²) >= 11 is 1.22. The topological polar surface area (TPSA) is 82.1 Å². The van der Waals surface area contributed by atoms with Crippen LogP contribution in [0.4, 0.5) is 14.6 Å². The molecule has 1 heterocycles. The van der Waals surface area contributed by atoms with Gasteiger partial charge in [0.1, 0.15) is 16.2 Å². The molecule has 0 spiro atoms. The number of imide groups is 1. The van der Waals surface area contributed by atoms with Crippen LogP contribution in [0.1, 0.15) is 89.5 Å². The maximum Gasteiger partial charge on any atom is 0.425 e. The molecular formula is C22H35NO6S. The van der Waals surface area contributed by atoms with Gasteiger partial charge in [0.15, 0.2) is 0 Å². The summed E-state index contributed by atoms with van der Waals surface area (Å²) in [5.74, 6) is -0.566. The van der Waals surface area contributed by atoms with Crippen molar-refractivity contribution in [2.24, 2.45) is 0 Å². The molecule has 0 aliphatic carbocycles. The van der Waals surface area contributed by atoms with Crippen LogP contribution >= 0.6 is 11.3 Å². The van der Waals surface area contributed by atoms with Gasteiger partial charge in [0.05, 0.1) is 12.2 Å². The minimum atomic E-state index is -0.894. The second-order valence-electron chi connectivity index (χ2n) is 8.80. The van der Waals surface area contributed by atoms with Crippen molar-refractivity contribution in [2.75, 3.05) is 11.5 Å². The van der Waals surface area contributed by atoms with Crippen LogP contribution in [0.25, 0.3) is 0 Å². The van der Waals surface area contributed by atoms with Crippen molar-refractivity contribution in [3.63, 3.8) is 0 Å². The predicted octanol–water partition coefficient (Wildman–Crippen LogP) is 6.12. The molecule has 2 amide bonds. The second-order valence-corrected chi connectivity index (χ2v) is 9.89. The molecule has 1 rings (SSSR count). The zero-order valence-corrected chi connectivity index (χ0v) is 20.4. The number of carbonyl (C=O) groups excluding carboxylic acids is 3. The van der Waals surface area contributed by atoms with Crippen molar-refractivity contribution < 1.29 is 28.6 Å². The van der Waals surface area contributed by atoms with Crippen LogP contribution in [0.15, 0.2) is 0 Å². The molecule has 0 atom stereocenters. The smallest absolute Gasteiger partial charge is 0.425 e. The highest BCUT2D eigenvalue weighted by molar-refractivity contribution is 7.17. The molecule has 0 fully saturated rings. The van der Waals surface area contributed by atoms with E-state index in [0.29, 0.717) is 12.8 Å². The number of esters is 1. The largest absolute Gasteiger partial charge is 0.462 e. The van der Waals surface area contributed by atoms with Gasteiger partial charge >= 0.3 is 18.2 Å². The van der Waals surface area contributed by atoms with Crippen LogP contribution < -0.4 is 4.90 Å². The molecule has 170 valence electrons. The first-order valence-corrected chi connectivity index (χ1v) is 11.1. The lowest BCUT2D eigenvalue weighted by molar-refractivity contribution is 0.0432. The van der Waals surface area contributed by atoms with Crippen molar-refractivity contribution in [2.45, 2.75) is 92.8 Å². The van der Waals surface area contributed by atoms with Crippen molar-refractivity contribution in [3.8, 4) is 0 Å². The Balaban J connectivity index is 3.70. The van der Waals surface area contributed by atoms with Gasteiger partial charge in [-0.1, -0.05) is 20.3 Å². The number of anilines is 1. The summed E-state index contributed by atoms with van der Waals surface area (Å²) in [5, 5.41) is 0.178. The predicted molar refractivity (Wildman–Crippen MR) is 119 cm³/mol. The quantitative estimate of drug-likeness (QED) is 0.391. The third kappa shape index (κ3) is 7.00. The summed E-state index contributed by atoms with van der Waals surface area (Å²) in [6.07, 6.45) is 0.297. The third-order valence-electron chi connectivity index (χ3n) is 3.73. The number of hydrogen-bond acceptors (Lipinski definition) is 7. The van der Waals surface area contributed by atoms with E-state index in [1.807, 2.05) is 13.8 Å². The van der Waals surface area contributed by atoms with E-state index in [9.17, 15) is 14.4 Å². The highest BCUT2D eigenvalue weighted by Crippen LogP contribution is 2.39. The van der Waals surface area contributed by atoms with Crippen LogP contribution in [0.2, 0.25) is 0 Å². The van der Waals surface area contributed by atoms with Crippen molar-refractivity contribution in [1.29, 1.82) is 0 Å². The highest BCUT2D eigenvalue weighted by Gasteiger charge is 2.38. The SMILES string of the molecule is CCCc1c(CC)sc(N(C(=O)OC(C)(C)C)C(=O)OC(C)(C)C)c1C(=O)OCC. The molecule has 1 aromatic heterocycles. The summed E-state index contributed by atoms with van der Waals surface area (Å²) in [5.41, 5.74) is -0.635. The maximum atomic E-state index is 13.0. The molecule has 7 nitrogen and oxygen atoms in total. The molecule has 0 aromatic carbocycles. The van der Waals surface area contributed by atoms with Gasteiger partial charge in [-0.3, -0.25) is 0 Å². The van der Waals surface area contributed by atoms with Crippen molar-refractivity contribution >= 4 is 34.5 Å². The molecule has 0 aliphatic rings. The zero-order chi connectivity index (χ0) is 23.3. The van der Waals surface area contributed by atoms with E-state index < -0.39 is 29.4 Å². The van der Waals surface area contributed by atoms with Crippen LogP contribution in [-0.2, 0) is 27.1 Å². The van der Waals surface area contributed by atoms with E-state index in [2.05, 4.69) is 0 Å². The molecule has 30 heavy (non-hydrogen) atoms. The first-order chi connectivity index (χ1) is 13.8. The number of thiophene rings is 1. The van der Waals surface area contributed by atoms with E-state index in [0.717, 1.165) is 21.8 Å². The van der Waals surface area contributed by atoms with E-state index in [1.54, 1.807) is 48.5 Å². The Morgan fingerprint density at radius 2 is 1.40 bits per heavy atom. The average Bonchev–Trinajstić information content (AvgIpc) is 2.90. The van der Waals surface area contributed by atoms with Crippen LogP contribution in [0.5, 0.6) is 0 Å². The van der Waals surface area contributed by atoms with Gasteiger partial charge in [0.2, 0.25) is 0 Å². The molecule has 0 saturated heterocycles. The lowest BCUT2D eigenvalue weighted by atomic mass is 10.0. The Morgan fingerprint density at radius 3 is 1.77 bits per heavy atom. The molecule has 0 saturated carbocycles. The molecule has 0 aliphatic heterocycles. The molecule has 0 N–H and O–H groups in total.